The third-order valence-electron chi connectivity index (χ3n) is 3.87. The molecule has 1 unspecified atom stereocenters. The van der Waals surface area contributed by atoms with Gasteiger partial charge in [0.25, 0.3) is 0 Å². The highest BCUT2D eigenvalue weighted by atomic mass is 16.5. The zero-order valence-corrected chi connectivity index (χ0v) is 15.3. The number of rotatable bonds is 10. The Balaban J connectivity index is 2.72. The predicted molar refractivity (Wildman–Crippen MR) is 95.2 cm³/mol. The van der Waals surface area contributed by atoms with Crippen LogP contribution in [0, 0.1) is 5.92 Å². The second kappa shape index (κ2) is 10.8. The van der Waals surface area contributed by atoms with Crippen molar-refractivity contribution in [1.29, 1.82) is 0 Å². The van der Waals surface area contributed by atoms with Crippen molar-refractivity contribution in [3.63, 3.8) is 0 Å². The molecular formula is C20H30O4. The summed E-state index contributed by atoms with van der Waals surface area (Å²) in [6.45, 7) is 8.68. The topological polar surface area (TPSA) is 52.6 Å². The average molecular weight is 334 g/mol. The Morgan fingerprint density at radius 2 is 1.62 bits per heavy atom. The molecule has 0 heterocycles. The van der Waals surface area contributed by atoms with E-state index in [1.54, 1.807) is 24.3 Å². The summed E-state index contributed by atoms with van der Waals surface area (Å²) < 4.78 is 10.8. The highest BCUT2D eigenvalue weighted by Crippen LogP contribution is 2.16. The molecule has 0 saturated carbocycles. The summed E-state index contributed by atoms with van der Waals surface area (Å²) in [6, 6.07) is 6.69. The van der Waals surface area contributed by atoms with Crippen LogP contribution < -0.4 is 0 Å². The summed E-state index contributed by atoms with van der Waals surface area (Å²) in [5.41, 5.74) is 0.555. The van der Waals surface area contributed by atoms with Gasteiger partial charge in [-0.2, -0.15) is 0 Å². The van der Waals surface area contributed by atoms with Crippen LogP contribution in [0.3, 0.4) is 0 Å². The predicted octanol–water partition coefficient (Wildman–Crippen LogP) is 5.02. The maximum absolute atomic E-state index is 12.4. The molecule has 0 radical (unpaired) electrons. The van der Waals surface area contributed by atoms with E-state index >= 15 is 0 Å². The molecule has 0 spiro atoms. The van der Waals surface area contributed by atoms with E-state index in [1.807, 2.05) is 6.92 Å². The smallest absolute Gasteiger partial charge is 0.339 e. The molecule has 0 bridgehead atoms. The highest BCUT2D eigenvalue weighted by molar-refractivity contribution is 6.03. The van der Waals surface area contributed by atoms with Gasteiger partial charge < -0.3 is 9.47 Å². The normalized spacial score (nSPS) is 12.0. The van der Waals surface area contributed by atoms with Crippen LogP contribution in [0.1, 0.15) is 80.5 Å². The van der Waals surface area contributed by atoms with E-state index in [0.717, 1.165) is 32.1 Å². The van der Waals surface area contributed by atoms with Gasteiger partial charge in [0.15, 0.2) is 0 Å². The summed E-state index contributed by atoms with van der Waals surface area (Å²) in [5.74, 6) is -0.338. The summed E-state index contributed by atoms with van der Waals surface area (Å²) in [6.07, 6.45) is 4.26. The van der Waals surface area contributed by atoms with E-state index in [1.165, 1.54) is 0 Å². The summed E-state index contributed by atoms with van der Waals surface area (Å²) >= 11 is 0. The second-order valence-corrected chi connectivity index (χ2v) is 6.44. The van der Waals surface area contributed by atoms with Crippen LogP contribution in [0.2, 0.25) is 0 Å². The monoisotopic (exact) mass is 334 g/mol. The molecule has 24 heavy (non-hydrogen) atoms. The van der Waals surface area contributed by atoms with Crippen molar-refractivity contribution in [2.45, 2.75) is 65.9 Å². The van der Waals surface area contributed by atoms with Crippen molar-refractivity contribution < 1.29 is 19.1 Å². The van der Waals surface area contributed by atoms with Crippen molar-refractivity contribution in [2.24, 2.45) is 5.92 Å². The fourth-order valence-corrected chi connectivity index (χ4v) is 2.46. The first-order valence-corrected chi connectivity index (χ1v) is 8.96. The summed E-state index contributed by atoms with van der Waals surface area (Å²) in [7, 11) is 0. The van der Waals surface area contributed by atoms with E-state index in [2.05, 4.69) is 20.8 Å². The molecule has 0 aliphatic carbocycles. The van der Waals surface area contributed by atoms with Gasteiger partial charge in [0.1, 0.15) is 6.10 Å². The Labute approximate surface area is 145 Å². The molecule has 1 atom stereocenters. The van der Waals surface area contributed by atoms with Gasteiger partial charge in [0.2, 0.25) is 0 Å². The molecule has 0 N–H and O–H groups in total. The molecule has 0 aliphatic rings. The number of carbonyl (C=O) groups excluding carboxylic acids is 2. The maximum Gasteiger partial charge on any atom is 0.339 e. The van der Waals surface area contributed by atoms with Crippen LogP contribution in [0.5, 0.6) is 0 Å². The Morgan fingerprint density at radius 3 is 2.17 bits per heavy atom. The summed E-state index contributed by atoms with van der Waals surface area (Å²) in [5, 5.41) is 0. The van der Waals surface area contributed by atoms with Crippen LogP contribution in [0.25, 0.3) is 0 Å². The van der Waals surface area contributed by atoms with Gasteiger partial charge in [-0.15, -0.1) is 0 Å². The Hall–Kier alpha value is -1.84. The fraction of sp³-hybridized carbons (Fsp3) is 0.600. The van der Waals surface area contributed by atoms with Crippen LogP contribution in [0.15, 0.2) is 24.3 Å². The molecule has 1 aromatic rings. The third-order valence-corrected chi connectivity index (χ3v) is 3.87. The molecule has 0 fully saturated rings. The fourth-order valence-electron chi connectivity index (χ4n) is 2.46. The molecule has 0 aliphatic heterocycles. The summed E-state index contributed by atoms with van der Waals surface area (Å²) in [4.78, 5) is 24.7. The van der Waals surface area contributed by atoms with Gasteiger partial charge in [-0.05, 0) is 43.7 Å². The number of esters is 2. The largest absolute Gasteiger partial charge is 0.462 e. The van der Waals surface area contributed by atoms with E-state index < -0.39 is 11.9 Å². The van der Waals surface area contributed by atoms with Gasteiger partial charge in [0.05, 0.1) is 17.7 Å². The first kappa shape index (κ1) is 20.2. The van der Waals surface area contributed by atoms with E-state index in [0.29, 0.717) is 12.5 Å². The molecular weight excluding hydrogens is 304 g/mol. The van der Waals surface area contributed by atoms with Gasteiger partial charge in [0, 0.05) is 0 Å². The minimum absolute atomic E-state index is 0.113. The van der Waals surface area contributed by atoms with Gasteiger partial charge in [-0.1, -0.05) is 46.2 Å². The zero-order chi connectivity index (χ0) is 17.9. The van der Waals surface area contributed by atoms with E-state index in [4.69, 9.17) is 9.47 Å². The van der Waals surface area contributed by atoms with Gasteiger partial charge in [-0.25, -0.2) is 9.59 Å². The Bertz CT molecular complexity index is 522. The Morgan fingerprint density at radius 1 is 1.00 bits per heavy atom. The number of carbonyl (C=O) groups is 2. The average Bonchev–Trinajstić information content (AvgIpc) is 2.57. The lowest BCUT2D eigenvalue weighted by Gasteiger charge is -2.16. The zero-order valence-electron chi connectivity index (χ0n) is 15.3. The SMILES string of the molecule is CCCC(CC)OC(=O)c1ccccc1C(=O)OCCCC(C)C. The quantitative estimate of drug-likeness (QED) is 0.445. The van der Waals surface area contributed by atoms with Crippen molar-refractivity contribution in [1.82, 2.24) is 0 Å². The third kappa shape index (κ3) is 6.73. The molecule has 0 saturated heterocycles. The first-order chi connectivity index (χ1) is 11.5. The highest BCUT2D eigenvalue weighted by Gasteiger charge is 2.21. The van der Waals surface area contributed by atoms with Crippen LogP contribution in [-0.2, 0) is 9.47 Å². The molecule has 134 valence electrons. The lowest BCUT2D eigenvalue weighted by Crippen LogP contribution is -2.20. The first-order valence-electron chi connectivity index (χ1n) is 8.96. The number of hydrogen-bond donors (Lipinski definition) is 0. The number of benzene rings is 1. The second-order valence-electron chi connectivity index (χ2n) is 6.44. The molecule has 0 aromatic heterocycles. The number of ether oxygens (including phenoxy) is 2. The van der Waals surface area contributed by atoms with Crippen LogP contribution in [-0.4, -0.2) is 24.6 Å². The van der Waals surface area contributed by atoms with Crippen molar-refractivity contribution in [3.8, 4) is 0 Å². The standard InChI is InChI=1S/C20H30O4/c1-5-10-16(6-2)24-20(22)18-13-8-7-12-17(18)19(21)23-14-9-11-15(3)4/h7-8,12-13,15-16H,5-6,9-11,14H2,1-4H3. The molecule has 4 heteroatoms. The van der Waals surface area contributed by atoms with Crippen molar-refractivity contribution in [2.75, 3.05) is 6.61 Å². The molecule has 1 aromatic carbocycles. The Kier molecular flexibility index (Phi) is 9.13. The van der Waals surface area contributed by atoms with Crippen LogP contribution in [0.4, 0.5) is 0 Å². The van der Waals surface area contributed by atoms with Gasteiger partial charge >= 0.3 is 11.9 Å². The molecule has 0 amide bonds. The van der Waals surface area contributed by atoms with Crippen LogP contribution >= 0.6 is 0 Å². The lowest BCUT2D eigenvalue weighted by atomic mass is 10.1. The maximum atomic E-state index is 12.4. The molecule has 1 rings (SSSR count). The minimum Gasteiger partial charge on any atom is -0.462 e. The lowest BCUT2D eigenvalue weighted by molar-refractivity contribution is 0.0262. The van der Waals surface area contributed by atoms with Gasteiger partial charge in [-0.3, -0.25) is 0 Å². The minimum atomic E-state index is -0.463. The van der Waals surface area contributed by atoms with Crippen molar-refractivity contribution >= 4 is 11.9 Å². The van der Waals surface area contributed by atoms with E-state index in [9.17, 15) is 9.59 Å². The van der Waals surface area contributed by atoms with E-state index in [-0.39, 0.29) is 17.2 Å². The van der Waals surface area contributed by atoms with Crippen molar-refractivity contribution in [3.05, 3.63) is 35.4 Å². The number of hydrogen-bond acceptors (Lipinski definition) is 4. The molecule has 4 nitrogen and oxygen atoms in total.